The van der Waals surface area contributed by atoms with E-state index in [0.29, 0.717) is 17.9 Å². The van der Waals surface area contributed by atoms with Gasteiger partial charge in [0.1, 0.15) is 0 Å². The van der Waals surface area contributed by atoms with Crippen molar-refractivity contribution in [3.05, 3.63) is 77.1 Å². The van der Waals surface area contributed by atoms with Gasteiger partial charge in [-0.3, -0.25) is 0 Å². The number of rotatable bonds is 7. The van der Waals surface area contributed by atoms with E-state index in [4.69, 9.17) is 0 Å². The van der Waals surface area contributed by atoms with Crippen molar-refractivity contribution in [2.75, 3.05) is 0 Å². The summed E-state index contributed by atoms with van der Waals surface area (Å²) in [5.74, 6) is -2.63. The van der Waals surface area contributed by atoms with Gasteiger partial charge in [-0.1, -0.05) is 49.8 Å². The zero-order valence-electron chi connectivity index (χ0n) is 13.7. The fraction of sp³-hybridized carbons (Fsp3) is 0.200. The molecular formula is C20H18F4O. The molecule has 0 aliphatic heterocycles. The topological polar surface area (TPSA) is 9.23 Å². The molecule has 0 unspecified atom stereocenters. The van der Waals surface area contributed by atoms with E-state index in [2.05, 4.69) is 11.7 Å². The standard InChI is InChI=1S/C20H18F4O/c1-2-3-14-4-6-15(7-5-14)8-9-16-12-17(21)20(18(22)13-16)25-11-10-19(23)24/h4-13,19H,2-3H2,1H3/b9-8+,11-10+. The Hall–Kier alpha value is -2.56. The maximum Gasteiger partial charge on any atom is 0.260 e. The molecule has 5 heteroatoms. The van der Waals surface area contributed by atoms with E-state index in [-0.39, 0.29) is 0 Å². The van der Waals surface area contributed by atoms with Crippen molar-refractivity contribution < 1.29 is 22.3 Å². The first kappa shape index (κ1) is 18.8. The summed E-state index contributed by atoms with van der Waals surface area (Å²) in [5, 5.41) is 0. The lowest BCUT2D eigenvalue weighted by atomic mass is 10.1. The molecule has 0 radical (unpaired) electrons. The molecule has 0 saturated heterocycles. The van der Waals surface area contributed by atoms with Crippen molar-refractivity contribution in [2.45, 2.75) is 26.2 Å². The van der Waals surface area contributed by atoms with Gasteiger partial charge in [-0.15, -0.1) is 0 Å². The van der Waals surface area contributed by atoms with Crippen LogP contribution in [-0.2, 0) is 6.42 Å². The Kier molecular flexibility index (Phi) is 6.81. The molecule has 0 atom stereocenters. The van der Waals surface area contributed by atoms with Crippen molar-refractivity contribution >= 4 is 12.2 Å². The minimum atomic E-state index is -2.75. The SMILES string of the molecule is CCCc1ccc(/C=C/c2cc(F)c(O/C=C/C(F)F)c(F)c2)cc1. The molecule has 0 aromatic heterocycles. The van der Waals surface area contributed by atoms with Crippen LogP contribution in [0.15, 0.2) is 48.7 Å². The third kappa shape index (κ3) is 5.78. The minimum absolute atomic E-state index is 0.304. The molecule has 2 aromatic carbocycles. The molecule has 0 saturated carbocycles. The molecular weight excluding hydrogens is 332 g/mol. The Bertz CT molecular complexity index is 726. The lowest BCUT2D eigenvalue weighted by Crippen LogP contribution is -1.94. The van der Waals surface area contributed by atoms with E-state index >= 15 is 0 Å². The van der Waals surface area contributed by atoms with Crippen molar-refractivity contribution in [2.24, 2.45) is 0 Å². The highest BCUT2D eigenvalue weighted by Crippen LogP contribution is 2.25. The Labute approximate surface area is 144 Å². The maximum absolute atomic E-state index is 13.9. The highest BCUT2D eigenvalue weighted by molar-refractivity contribution is 5.70. The van der Waals surface area contributed by atoms with Crippen LogP contribution < -0.4 is 4.74 Å². The van der Waals surface area contributed by atoms with Crippen LogP contribution in [0.25, 0.3) is 12.2 Å². The Morgan fingerprint density at radius 1 is 0.960 bits per heavy atom. The summed E-state index contributed by atoms with van der Waals surface area (Å²) in [6, 6.07) is 10.0. The molecule has 0 aliphatic carbocycles. The van der Waals surface area contributed by atoms with Crippen molar-refractivity contribution in [3.63, 3.8) is 0 Å². The molecule has 0 bridgehead atoms. The molecule has 25 heavy (non-hydrogen) atoms. The number of aryl methyl sites for hydroxylation is 1. The van der Waals surface area contributed by atoms with Gasteiger partial charge in [0.15, 0.2) is 17.4 Å². The number of hydrogen-bond acceptors (Lipinski definition) is 1. The van der Waals surface area contributed by atoms with E-state index in [1.807, 2.05) is 24.3 Å². The van der Waals surface area contributed by atoms with Crippen LogP contribution >= 0.6 is 0 Å². The van der Waals surface area contributed by atoms with Gasteiger partial charge in [-0.25, -0.2) is 17.6 Å². The molecule has 0 N–H and O–H groups in total. The van der Waals surface area contributed by atoms with Crippen LogP contribution in [0, 0.1) is 11.6 Å². The van der Waals surface area contributed by atoms with E-state index in [1.54, 1.807) is 12.2 Å². The van der Waals surface area contributed by atoms with Crippen LogP contribution in [0.2, 0.25) is 0 Å². The quantitative estimate of drug-likeness (QED) is 0.326. The van der Waals surface area contributed by atoms with Gasteiger partial charge in [0.2, 0.25) is 0 Å². The number of allylic oxidation sites excluding steroid dienone is 1. The summed E-state index contributed by atoms with van der Waals surface area (Å²) >= 11 is 0. The van der Waals surface area contributed by atoms with Crippen LogP contribution in [0.3, 0.4) is 0 Å². The maximum atomic E-state index is 13.9. The molecule has 2 rings (SSSR count). The van der Waals surface area contributed by atoms with Gasteiger partial charge >= 0.3 is 0 Å². The van der Waals surface area contributed by atoms with Crippen LogP contribution in [0.1, 0.15) is 30.0 Å². The van der Waals surface area contributed by atoms with Crippen LogP contribution in [0.4, 0.5) is 17.6 Å². The molecule has 1 nitrogen and oxygen atoms in total. The van der Waals surface area contributed by atoms with Gasteiger partial charge < -0.3 is 4.74 Å². The third-order valence-corrected chi connectivity index (χ3v) is 3.42. The summed E-state index contributed by atoms with van der Waals surface area (Å²) in [6.45, 7) is 2.10. The summed E-state index contributed by atoms with van der Waals surface area (Å²) < 4.78 is 56.3. The Morgan fingerprint density at radius 2 is 1.56 bits per heavy atom. The van der Waals surface area contributed by atoms with Gasteiger partial charge in [0.05, 0.1) is 6.26 Å². The van der Waals surface area contributed by atoms with E-state index in [1.165, 1.54) is 5.56 Å². The highest BCUT2D eigenvalue weighted by atomic mass is 19.3. The zero-order valence-corrected chi connectivity index (χ0v) is 13.7. The van der Waals surface area contributed by atoms with Crippen molar-refractivity contribution in [3.8, 4) is 5.75 Å². The van der Waals surface area contributed by atoms with Crippen molar-refractivity contribution in [1.29, 1.82) is 0 Å². The molecule has 0 heterocycles. The first-order valence-electron chi connectivity index (χ1n) is 7.87. The fourth-order valence-corrected chi connectivity index (χ4v) is 2.23. The van der Waals surface area contributed by atoms with E-state index in [9.17, 15) is 17.6 Å². The second kappa shape index (κ2) is 9.06. The second-order valence-corrected chi connectivity index (χ2v) is 5.42. The first-order valence-corrected chi connectivity index (χ1v) is 7.87. The first-order chi connectivity index (χ1) is 12.0. The van der Waals surface area contributed by atoms with Gasteiger partial charge in [-0.05, 0) is 35.2 Å². The molecule has 0 fully saturated rings. The normalized spacial score (nSPS) is 11.8. The largest absolute Gasteiger partial charge is 0.459 e. The number of hydrogen-bond donors (Lipinski definition) is 0. The molecule has 0 spiro atoms. The monoisotopic (exact) mass is 350 g/mol. The van der Waals surface area contributed by atoms with E-state index in [0.717, 1.165) is 30.5 Å². The molecule has 0 aliphatic rings. The molecule has 2 aromatic rings. The van der Waals surface area contributed by atoms with Gasteiger partial charge in [-0.2, -0.15) is 0 Å². The third-order valence-electron chi connectivity index (χ3n) is 3.42. The minimum Gasteiger partial charge on any atom is -0.459 e. The zero-order chi connectivity index (χ0) is 18.2. The average Bonchev–Trinajstić information content (AvgIpc) is 2.57. The van der Waals surface area contributed by atoms with Gasteiger partial charge in [0, 0.05) is 6.08 Å². The summed E-state index contributed by atoms with van der Waals surface area (Å²) in [7, 11) is 0. The summed E-state index contributed by atoms with van der Waals surface area (Å²) in [6.07, 6.45) is 3.59. The number of halogens is 4. The number of alkyl halides is 2. The predicted molar refractivity (Wildman–Crippen MR) is 91.5 cm³/mol. The number of ether oxygens (including phenoxy) is 1. The summed E-state index contributed by atoms with van der Waals surface area (Å²) in [5.41, 5.74) is 2.44. The Balaban J connectivity index is 2.12. The van der Waals surface area contributed by atoms with Crippen LogP contribution in [0.5, 0.6) is 5.75 Å². The predicted octanol–water partition coefficient (Wildman–Crippen LogP) is 6.25. The smallest absolute Gasteiger partial charge is 0.260 e. The summed E-state index contributed by atoms with van der Waals surface area (Å²) in [4.78, 5) is 0. The Morgan fingerprint density at radius 3 is 2.12 bits per heavy atom. The van der Waals surface area contributed by atoms with Crippen molar-refractivity contribution in [1.82, 2.24) is 0 Å². The fourth-order valence-electron chi connectivity index (χ4n) is 2.23. The average molecular weight is 350 g/mol. The second-order valence-electron chi connectivity index (χ2n) is 5.42. The molecule has 0 amide bonds. The van der Waals surface area contributed by atoms with Crippen LogP contribution in [-0.4, -0.2) is 6.43 Å². The molecule has 132 valence electrons. The lowest BCUT2D eigenvalue weighted by Gasteiger charge is -2.05. The lowest BCUT2D eigenvalue weighted by molar-refractivity contribution is 0.200. The van der Waals surface area contributed by atoms with E-state index < -0.39 is 23.8 Å². The number of benzene rings is 2. The highest BCUT2D eigenvalue weighted by Gasteiger charge is 2.11. The van der Waals surface area contributed by atoms with Gasteiger partial charge in [0.25, 0.3) is 6.43 Å².